The summed E-state index contributed by atoms with van der Waals surface area (Å²) >= 11 is 0. The molecule has 1 fully saturated rings. The topological polar surface area (TPSA) is 66.4 Å². The molecule has 0 aromatic carbocycles. The number of nitrogens with one attached hydrogen (secondary N) is 1. The third-order valence-corrected chi connectivity index (χ3v) is 3.40. The highest BCUT2D eigenvalue weighted by Crippen LogP contribution is 2.49. The van der Waals surface area contributed by atoms with E-state index in [1.165, 1.54) is 5.32 Å². The number of carbonyl (C=O) groups excluding carboxylic acids is 1. The van der Waals surface area contributed by atoms with E-state index in [-0.39, 0.29) is 0 Å². The molecule has 3 atom stereocenters. The smallest absolute Gasteiger partial charge is 0.471 e. The van der Waals surface area contributed by atoms with E-state index in [9.17, 15) is 22.8 Å². The Labute approximate surface area is 101 Å². The van der Waals surface area contributed by atoms with E-state index in [0.717, 1.165) is 6.42 Å². The maximum atomic E-state index is 12.1. The first-order valence-electron chi connectivity index (χ1n) is 5.58. The van der Waals surface area contributed by atoms with Gasteiger partial charge in [0.05, 0.1) is 0 Å². The Morgan fingerprint density at radius 3 is 2.56 bits per heavy atom. The number of allylic oxidation sites excluding steroid dienone is 1. The number of aliphatic carboxylic acids is 1. The molecule has 1 amide bonds. The summed E-state index contributed by atoms with van der Waals surface area (Å²) in [4.78, 5) is 21.7. The Morgan fingerprint density at radius 2 is 2.06 bits per heavy atom. The minimum Gasteiger partial charge on any atom is -0.479 e. The van der Waals surface area contributed by atoms with Gasteiger partial charge >= 0.3 is 18.1 Å². The Balaban J connectivity index is 2.07. The van der Waals surface area contributed by atoms with Crippen molar-refractivity contribution in [3.63, 3.8) is 0 Å². The molecule has 2 unspecified atom stereocenters. The van der Waals surface area contributed by atoms with Crippen LogP contribution in [0.3, 0.4) is 0 Å². The summed E-state index contributed by atoms with van der Waals surface area (Å²) < 4.78 is 36.3. The molecule has 2 aliphatic carbocycles. The number of fused-ring (bicyclic) bond motifs is 1. The average molecular weight is 263 g/mol. The number of carboxylic acid groups (broad SMARTS) is 1. The lowest BCUT2D eigenvalue weighted by Gasteiger charge is -2.21. The lowest BCUT2D eigenvalue weighted by atomic mass is 9.94. The van der Waals surface area contributed by atoms with Gasteiger partial charge in [0.1, 0.15) is 6.04 Å². The third kappa shape index (κ3) is 2.65. The molecular formula is C11H12F3NO3. The number of alkyl halides is 3. The molecule has 4 nitrogen and oxygen atoms in total. The maximum absolute atomic E-state index is 12.1. The standard InChI is InChI=1S/C11H12F3NO3/c12-11(13,14)10(18)15-8(9(16)17)6-2-1-5-3-7(5)4-6/h2,5,7-8H,1,3-4H2,(H,15,18)(H,16,17)/t5?,7?,8-/m1/s1. The molecule has 0 aromatic rings. The fourth-order valence-electron chi connectivity index (χ4n) is 2.30. The Morgan fingerprint density at radius 1 is 1.39 bits per heavy atom. The van der Waals surface area contributed by atoms with Crippen LogP contribution in [0.2, 0.25) is 0 Å². The second-order valence-corrected chi connectivity index (χ2v) is 4.72. The summed E-state index contributed by atoms with van der Waals surface area (Å²) in [6, 6.07) is -1.57. The van der Waals surface area contributed by atoms with Crippen LogP contribution < -0.4 is 5.32 Å². The van der Waals surface area contributed by atoms with E-state index in [0.29, 0.717) is 30.3 Å². The summed E-state index contributed by atoms with van der Waals surface area (Å²) in [7, 11) is 0. The molecule has 0 radical (unpaired) electrons. The van der Waals surface area contributed by atoms with Crippen molar-refractivity contribution in [2.24, 2.45) is 11.8 Å². The molecule has 7 heteroatoms. The lowest BCUT2D eigenvalue weighted by molar-refractivity contribution is -0.175. The summed E-state index contributed by atoms with van der Waals surface area (Å²) in [5.41, 5.74) is 0.374. The predicted molar refractivity (Wildman–Crippen MR) is 54.5 cm³/mol. The first-order valence-corrected chi connectivity index (χ1v) is 5.58. The van der Waals surface area contributed by atoms with Crippen molar-refractivity contribution in [3.8, 4) is 0 Å². The Kier molecular flexibility index (Phi) is 3.08. The number of halogens is 3. The second kappa shape index (κ2) is 4.29. The van der Waals surface area contributed by atoms with Gasteiger partial charge in [-0.3, -0.25) is 4.79 Å². The van der Waals surface area contributed by atoms with Gasteiger partial charge in [0.15, 0.2) is 0 Å². The molecule has 18 heavy (non-hydrogen) atoms. The molecule has 0 spiro atoms. The van der Waals surface area contributed by atoms with Gasteiger partial charge in [0.2, 0.25) is 0 Å². The van der Waals surface area contributed by atoms with Gasteiger partial charge in [-0.15, -0.1) is 0 Å². The fraction of sp³-hybridized carbons (Fsp3) is 0.636. The van der Waals surface area contributed by atoms with Crippen molar-refractivity contribution < 1.29 is 27.9 Å². The van der Waals surface area contributed by atoms with Crippen molar-refractivity contribution >= 4 is 11.9 Å². The van der Waals surface area contributed by atoms with Gasteiger partial charge in [-0.05, 0) is 36.7 Å². The number of hydrogen-bond donors (Lipinski definition) is 2. The highest BCUT2D eigenvalue weighted by atomic mass is 19.4. The van der Waals surface area contributed by atoms with Gasteiger partial charge in [-0.1, -0.05) is 6.08 Å². The van der Waals surface area contributed by atoms with Gasteiger partial charge in [-0.2, -0.15) is 13.2 Å². The molecule has 0 heterocycles. The highest BCUT2D eigenvalue weighted by molar-refractivity contribution is 5.88. The molecule has 100 valence electrons. The first kappa shape index (κ1) is 12.9. The van der Waals surface area contributed by atoms with Gasteiger partial charge in [0.25, 0.3) is 0 Å². The van der Waals surface area contributed by atoms with E-state index >= 15 is 0 Å². The first-order chi connectivity index (χ1) is 8.29. The van der Waals surface area contributed by atoms with Crippen LogP contribution in [0.5, 0.6) is 0 Å². The van der Waals surface area contributed by atoms with Crippen molar-refractivity contribution in [3.05, 3.63) is 11.6 Å². The van der Waals surface area contributed by atoms with Crippen LogP contribution in [-0.4, -0.2) is 29.2 Å². The third-order valence-electron chi connectivity index (χ3n) is 3.40. The summed E-state index contributed by atoms with van der Waals surface area (Å²) in [5, 5.41) is 10.5. The van der Waals surface area contributed by atoms with Gasteiger partial charge < -0.3 is 10.4 Å². The number of hydrogen-bond acceptors (Lipinski definition) is 2. The van der Waals surface area contributed by atoms with Gasteiger partial charge in [-0.25, -0.2) is 4.79 Å². The molecule has 0 saturated heterocycles. The number of carbonyl (C=O) groups is 2. The van der Waals surface area contributed by atoms with Crippen molar-refractivity contribution in [2.45, 2.75) is 31.5 Å². The molecule has 0 bridgehead atoms. The maximum Gasteiger partial charge on any atom is 0.471 e. The van der Waals surface area contributed by atoms with Crippen molar-refractivity contribution in [1.82, 2.24) is 5.32 Å². The quantitative estimate of drug-likeness (QED) is 0.758. The monoisotopic (exact) mass is 263 g/mol. The zero-order valence-corrected chi connectivity index (χ0v) is 9.33. The van der Waals surface area contributed by atoms with Crippen molar-refractivity contribution in [1.29, 1.82) is 0 Å². The van der Waals surface area contributed by atoms with Crippen LogP contribution in [0, 0.1) is 11.8 Å². The van der Waals surface area contributed by atoms with Crippen LogP contribution in [-0.2, 0) is 9.59 Å². The predicted octanol–water partition coefficient (Wildman–Crippen LogP) is 1.47. The lowest BCUT2D eigenvalue weighted by Crippen LogP contribution is -2.48. The number of amides is 1. The van der Waals surface area contributed by atoms with Crippen LogP contribution in [0.1, 0.15) is 19.3 Å². The molecule has 0 aliphatic heterocycles. The Hall–Kier alpha value is -1.53. The SMILES string of the molecule is O=C(O)[C@H](NC(=O)C(F)(F)F)C1=CCC2CC2C1. The Bertz CT molecular complexity index is 416. The van der Waals surface area contributed by atoms with E-state index < -0.39 is 24.1 Å². The van der Waals surface area contributed by atoms with Crippen LogP contribution in [0.4, 0.5) is 13.2 Å². The summed E-state index contributed by atoms with van der Waals surface area (Å²) in [5.74, 6) is -2.76. The van der Waals surface area contributed by atoms with E-state index in [2.05, 4.69) is 0 Å². The molecule has 2 aliphatic rings. The van der Waals surface area contributed by atoms with Crippen molar-refractivity contribution in [2.75, 3.05) is 0 Å². The minimum absolute atomic E-state index is 0.370. The van der Waals surface area contributed by atoms with Gasteiger partial charge in [0, 0.05) is 0 Å². The van der Waals surface area contributed by atoms with Crippen LogP contribution in [0.15, 0.2) is 11.6 Å². The minimum atomic E-state index is -5.06. The second-order valence-electron chi connectivity index (χ2n) is 4.72. The highest BCUT2D eigenvalue weighted by Gasteiger charge is 2.44. The molecule has 2 rings (SSSR count). The summed E-state index contributed by atoms with van der Waals surface area (Å²) in [6.07, 6.45) is -1.29. The molecule has 0 aromatic heterocycles. The summed E-state index contributed by atoms with van der Waals surface area (Å²) in [6.45, 7) is 0. The normalized spacial score (nSPS) is 27.8. The molecule has 1 saturated carbocycles. The van der Waals surface area contributed by atoms with E-state index in [4.69, 9.17) is 5.11 Å². The van der Waals surface area contributed by atoms with Crippen LogP contribution >= 0.6 is 0 Å². The van der Waals surface area contributed by atoms with E-state index in [1.54, 1.807) is 6.08 Å². The van der Waals surface area contributed by atoms with Crippen LogP contribution in [0.25, 0.3) is 0 Å². The molecular weight excluding hydrogens is 251 g/mol. The number of rotatable bonds is 3. The average Bonchev–Trinajstić information content (AvgIpc) is 3.01. The largest absolute Gasteiger partial charge is 0.479 e. The number of carboxylic acids is 1. The zero-order chi connectivity index (χ0) is 13.5. The van der Waals surface area contributed by atoms with E-state index in [1.807, 2.05) is 0 Å². The molecule has 2 N–H and O–H groups in total. The fourth-order valence-corrected chi connectivity index (χ4v) is 2.30. The zero-order valence-electron chi connectivity index (χ0n) is 9.33.